The molecule has 18 heteroatoms. The van der Waals surface area contributed by atoms with Crippen LogP contribution in [0.5, 0.6) is 0 Å². The Labute approximate surface area is 370 Å². The number of hydrogen-bond acceptors (Lipinski definition) is 11. The number of amides is 5. The summed E-state index contributed by atoms with van der Waals surface area (Å²) in [6, 6.07) is 4.46. The highest BCUT2D eigenvalue weighted by Crippen LogP contribution is 2.31. The molecule has 0 spiro atoms. The summed E-state index contributed by atoms with van der Waals surface area (Å²) in [7, 11) is 1.23. The van der Waals surface area contributed by atoms with Gasteiger partial charge in [0.05, 0.1) is 42.7 Å². The molecular formula is C44H75N5O12S. The van der Waals surface area contributed by atoms with E-state index >= 15 is 0 Å². The predicted octanol–water partition coefficient (Wildman–Crippen LogP) is 5.00. The van der Waals surface area contributed by atoms with E-state index in [-0.39, 0.29) is 36.0 Å². The zero-order valence-corrected chi connectivity index (χ0v) is 40.4. The van der Waals surface area contributed by atoms with Gasteiger partial charge in [0.15, 0.2) is 0 Å². The summed E-state index contributed by atoms with van der Waals surface area (Å²) >= 11 is 0. The summed E-state index contributed by atoms with van der Waals surface area (Å²) in [5.74, 6) is -3.19. The maximum absolute atomic E-state index is 14.5. The fourth-order valence-corrected chi connectivity index (χ4v) is 8.82. The van der Waals surface area contributed by atoms with Gasteiger partial charge >= 0.3 is 16.5 Å². The van der Waals surface area contributed by atoms with Crippen LogP contribution in [0.4, 0.5) is 4.79 Å². The van der Waals surface area contributed by atoms with E-state index in [1.165, 1.54) is 26.2 Å². The lowest BCUT2D eigenvalue weighted by Gasteiger charge is -2.41. The molecule has 1 heterocycles. The van der Waals surface area contributed by atoms with Crippen LogP contribution in [-0.2, 0) is 48.0 Å². The van der Waals surface area contributed by atoms with Crippen LogP contribution in [0.15, 0.2) is 30.3 Å². The maximum Gasteiger partial charge on any atom is 0.410 e. The first-order chi connectivity index (χ1) is 28.7. The average Bonchev–Trinajstić information content (AvgIpc) is 3.67. The van der Waals surface area contributed by atoms with Crippen molar-refractivity contribution in [2.45, 2.75) is 156 Å². The molecule has 62 heavy (non-hydrogen) atoms. The van der Waals surface area contributed by atoms with Gasteiger partial charge in [-0.15, -0.1) is 0 Å². The minimum Gasteiger partial charge on any atom is -0.444 e. The zero-order chi connectivity index (χ0) is 47.4. The average molecular weight is 898 g/mol. The number of rotatable bonds is 22. The van der Waals surface area contributed by atoms with Crippen LogP contribution in [0.25, 0.3) is 0 Å². The Kier molecular flexibility index (Phi) is 20.8. The number of nitrogens with one attached hydrogen (secondary N) is 2. The van der Waals surface area contributed by atoms with Gasteiger partial charge in [0.2, 0.25) is 23.6 Å². The molecule has 1 fully saturated rings. The van der Waals surface area contributed by atoms with Crippen molar-refractivity contribution in [3.63, 3.8) is 0 Å². The van der Waals surface area contributed by atoms with Crippen LogP contribution in [0.3, 0.4) is 0 Å². The number of carbonyl (C=O) groups is 5. The number of likely N-dealkylation sites (N-methyl/N-ethyl adjacent to an activating group) is 2. The monoisotopic (exact) mass is 898 g/mol. The summed E-state index contributed by atoms with van der Waals surface area (Å²) in [5.41, 5.74) is -0.354. The van der Waals surface area contributed by atoms with Crippen molar-refractivity contribution < 1.29 is 55.3 Å². The number of ether oxygens (including phenoxy) is 3. The van der Waals surface area contributed by atoms with Crippen molar-refractivity contribution in [2.24, 2.45) is 23.7 Å². The van der Waals surface area contributed by atoms with Gasteiger partial charge in [-0.05, 0) is 63.9 Å². The third-order valence-corrected chi connectivity index (χ3v) is 12.1. The van der Waals surface area contributed by atoms with E-state index in [4.69, 9.17) is 18.4 Å². The second kappa shape index (κ2) is 23.7. The zero-order valence-electron chi connectivity index (χ0n) is 39.5. The van der Waals surface area contributed by atoms with E-state index in [1.807, 2.05) is 41.5 Å². The quantitative estimate of drug-likeness (QED) is 0.131. The summed E-state index contributed by atoms with van der Waals surface area (Å²) in [4.78, 5) is 73.9. The molecule has 0 aliphatic carbocycles. The fourth-order valence-electron chi connectivity index (χ4n) is 8.28. The summed E-state index contributed by atoms with van der Waals surface area (Å²) in [6.45, 7) is 20.1. The molecule has 0 unspecified atom stereocenters. The van der Waals surface area contributed by atoms with Crippen molar-refractivity contribution >= 4 is 40.1 Å². The minimum absolute atomic E-state index is 0.0891. The highest BCUT2D eigenvalue weighted by molar-refractivity contribution is 7.80. The molecule has 0 radical (unpaired) electrons. The third-order valence-electron chi connectivity index (χ3n) is 11.7. The van der Waals surface area contributed by atoms with Crippen LogP contribution in [-0.4, -0.2) is 140 Å². The SMILES string of the molecule is CC[C@H](C)[C@@H]([C@@H](CC(=O)N1CCC[C@H]1[C@H](OC)[C@@H](C)C(=O)N[C@H](C)[C@@H](OS(=O)(=O)O)c1ccccc1)OC)N(C)C(=O)[C@@H](NC(=O)[C@H](C(C)C)N(C)C(=O)OC(C)(C)C)C(C)C. The molecule has 0 saturated carbocycles. The first-order valence-electron chi connectivity index (χ1n) is 21.6. The van der Waals surface area contributed by atoms with Gasteiger partial charge in [-0.25, -0.2) is 8.98 Å². The largest absolute Gasteiger partial charge is 0.444 e. The van der Waals surface area contributed by atoms with Gasteiger partial charge in [0.1, 0.15) is 23.8 Å². The number of nitrogens with zero attached hydrogens (tertiary/aromatic N) is 3. The van der Waals surface area contributed by atoms with Gasteiger partial charge in [-0.3, -0.25) is 28.6 Å². The molecule has 0 bridgehead atoms. The Balaban J connectivity index is 2.32. The van der Waals surface area contributed by atoms with Gasteiger partial charge in [0, 0.05) is 34.9 Å². The smallest absolute Gasteiger partial charge is 0.410 e. The van der Waals surface area contributed by atoms with Crippen LogP contribution in [0.2, 0.25) is 0 Å². The number of benzene rings is 1. The van der Waals surface area contributed by atoms with Crippen LogP contribution < -0.4 is 10.6 Å². The second-order valence-corrected chi connectivity index (χ2v) is 19.3. The fraction of sp³-hybridized carbons (Fsp3) is 0.750. The van der Waals surface area contributed by atoms with Crippen molar-refractivity contribution in [1.82, 2.24) is 25.3 Å². The molecule has 17 nitrogen and oxygen atoms in total. The van der Waals surface area contributed by atoms with E-state index in [9.17, 15) is 36.9 Å². The summed E-state index contributed by atoms with van der Waals surface area (Å²) in [6.07, 6.45) is -1.62. The van der Waals surface area contributed by atoms with Gasteiger partial charge < -0.3 is 34.6 Å². The van der Waals surface area contributed by atoms with Crippen molar-refractivity contribution in [2.75, 3.05) is 34.9 Å². The highest BCUT2D eigenvalue weighted by atomic mass is 32.3. The first kappa shape index (κ1) is 54.3. The molecule has 1 aromatic rings. The summed E-state index contributed by atoms with van der Waals surface area (Å²) < 4.78 is 55.4. The van der Waals surface area contributed by atoms with E-state index in [0.29, 0.717) is 31.4 Å². The van der Waals surface area contributed by atoms with Gasteiger partial charge in [-0.2, -0.15) is 8.42 Å². The molecule has 5 amide bonds. The molecule has 1 aliphatic heterocycles. The number of carbonyl (C=O) groups excluding carboxylic acids is 5. The Hall–Kier alpha value is -3.84. The molecule has 354 valence electrons. The van der Waals surface area contributed by atoms with E-state index in [2.05, 4.69) is 10.6 Å². The van der Waals surface area contributed by atoms with E-state index in [0.717, 1.165) is 0 Å². The van der Waals surface area contributed by atoms with Crippen LogP contribution in [0, 0.1) is 23.7 Å². The topological polar surface area (TPSA) is 210 Å². The molecule has 10 atom stereocenters. The molecular weight excluding hydrogens is 823 g/mol. The van der Waals surface area contributed by atoms with Crippen molar-refractivity contribution in [3.8, 4) is 0 Å². The highest BCUT2D eigenvalue weighted by Gasteiger charge is 2.44. The number of hydrogen-bond donors (Lipinski definition) is 3. The Morgan fingerprint density at radius 3 is 1.97 bits per heavy atom. The lowest BCUT2D eigenvalue weighted by atomic mass is 9.89. The minimum atomic E-state index is -4.87. The lowest BCUT2D eigenvalue weighted by molar-refractivity contribution is -0.148. The van der Waals surface area contributed by atoms with Crippen molar-refractivity contribution in [1.29, 1.82) is 0 Å². The van der Waals surface area contributed by atoms with Crippen LogP contribution >= 0.6 is 0 Å². The van der Waals surface area contributed by atoms with Gasteiger partial charge in [-0.1, -0.05) is 85.2 Å². The third kappa shape index (κ3) is 15.2. The normalized spacial score (nSPS) is 19.1. The Morgan fingerprint density at radius 1 is 0.887 bits per heavy atom. The molecule has 3 N–H and O–H groups in total. The second-order valence-electron chi connectivity index (χ2n) is 18.3. The number of methoxy groups -OCH3 is 2. The predicted molar refractivity (Wildman–Crippen MR) is 235 cm³/mol. The van der Waals surface area contributed by atoms with Crippen LogP contribution in [0.1, 0.15) is 114 Å². The maximum atomic E-state index is 14.5. The molecule has 1 aliphatic rings. The number of likely N-dealkylation sites (tertiary alicyclic amines) is 1. The van der Waals surface area contributed by atoms with E-state index < -0.39 is 88.3 Å². The van der Waals surface area contributed by atoms with Crippen molar-refractivity contribution in [3.05, 3.63) is 35.9 Å². The van der Waals surface area contributed by atoms with Gasteiger partial charge in [0.25, 0.3) is 0 Å². The standard InChI is InChI=1S/C44H75N5O12S/c1-16-28(6)37(47(12)42(53)35(26(2)3)46-41(52)36(27(4)5)48(13)43(54)60-44(9,10)11)33(58-14)25-34(50)49-24-20-23-32(49)38(59-15)29(7)40(51)45-30(8)39(61-62(55,56)57)31-21-18-17-19-22-31/h17-19,21-22,26-30,32-33,35-39H,16,20,23-25H2,1-15H3,(H,45,51)(H,46,52)(H,55,56,57)/t28-,29+,30+,32-,33+,35-,36-,37-,38+,39+/m0/s1. The molecule has 1 saturated heterocycles. The first-order valence-corrected chi connectivity index (χ1v) is 23.0. The summed E-state index contributed by atoms with van der Waals surface area (Å²) in [5, 5.41) is 5.73. The molecule has 0 aromatic heterocycles. The Bertz CT molecular complexity index is 1740. The Morgan fingerprint density at radius 2 is 1.48 bits per heavy atom. The molecule has 1 aromatic carbocycles. The molecule has 2 rings (SSSR count). The lowest BCUT2D eigenvalue weighted by Crippen LogP contribution is -2.60. The van der Waals surface area contributed by atoms with E-state index in [1.54, 1.807) is 81.8 Å².